The minimum Gasteiger partial charge on any atom is -0.597 e. The van der Waals surface area contributed by atoms with Crippen LogP contribution in [0, 0.1) is 11.8 Å². The summed E-state index contributed by atoms with van der Waals surface area (Å²) in [6.45, 7) is 3.52. The molecule has 7 nitrogen and oxygen atoms in total. The number of rotatable bonds is 10. The Morgan fingerprint density at radius 1 is 1.04 bits per heavy atom. The third-order valence-electron chi connectivity index (χ3n) is 3.42. The number of esters is 1. The van der Waals surface area contributed by atoms with Crippen molar-refractivity contribution in [2.75, 3.05) is 19.8 Å². The maximum atomic E-state index is 11.6. The van der Waals surface area contributed by atoms with Crippen molar-refractivity contribution in [3.05, 3.63) is 35.9 Å². The fourth-order valence-electron chi connectivity index (χ4n) is 1.97. The van der Waals surface area contributed by atoms with E-state index in [2.05, 4.69) is 4.99 Å². The summed E-state index contributed by atoms with van der Waals surface area (Å²) in [4.78, 5) is 26.2. The number of aliphatic carboxylic acids is 1. The molecule has 0 aromatic heterocycles. The van der Waals surface area contributed by atoms with Crippen molar-refractivity contribution in [1.29, 1.82) is 0 Å². The average Bonchev–Trinajstić information content (AvgIpc) is 2.58. The van der Waals surface area contributed by atoms with Crippen molar-refractivity contribution in [2.24, 2.45) is 16.8 Å². The molecule has 0 radical (unpaired) electrons. The molecule has 0 saturated carbocycles. The van der Waals surface area contributed by atoms with Gasteiger partial charge in [-0.2, -0.15) is 0 Å². The molecular formula is C18H23CaNO6. The molecule has 0 spiro atoms. The van der Waals surface area contributed by atoms with E-state index in [1.54, 1.807) is 30.3 Å². The molecule has 0 aliphatic heterocycles. The monoisotopic (exact) mass is 389 g/mol. The van der Waals surface area contributed by atoms with E-state index in [4.69, 9.17) is 9.47 Å². The minimum atomic E-state index is -1.23. The van der Waals surface area contributed by atoms with Gasteiger partial charge in [0.05, 0.1) is 5.56 Å². The summed E-state index contributed by atoms with van der Waals surface area (Å²) < 4.78 is 9.73. The van der Waals surface area contributed by atoms with Crippen LogP contribution in [0.4, 0.5) is 0 Å². The molecule has 1 aromatic rings. The molecule has 0 aliphatic rings. The Bertz CT molecular complexity index is 576. The maximum absolute atomic E-state index is 11.6. The quantitative estimate of drug-likeness (QED) is 0.183. The van der Waals surface area contributed by atoms with Gasteiger partial charge in [-0.15, -0.1) is 0 Å². The van der Waals surface area contributed by atoms with E-state index in [1.165, 1.54) is 0 Å². The Balaban J connectivity index is 0.00000625. The van der Waals surface area contributed by atoms with E-state index >= 15 is 0 Å². The summed E-state index contributed by atoms with van der Waals surface area (Å²) in [5.74, 6) is -2.20. The Morgan fingerprint density at radius 3 is 2.23 bits per heavy atom. The first-order chi connectivity index (χ1) is 11.9. The molecule has 138 valence electrons. The summed E-state index contributed by atoms with van der Waals surface area (Å²) in [7, 11) is 0. The van der Waals surface area contributed by atoms with Crippen LogP contribution in [0.25, 0.3) is 0 Å². The number of benzene rings is 1. The van der Waals surface area contributed by atoms with Crippen LogP contribution in [-0.2, 0) is 14.3 Å². The molecule has 1 unspecified atom stereocenters. The molecule has 0 N–H and O–H groups in total. The molecule has 1 atom stereocenters. The van der Waals surface area contributed by atoms with Gasteiger partial charge in [0.15, 0.2) is 0 Å². The fourth-order valence-corrected chi connectivity index (χ4v) is 1.97. The second-order valence-corrected chi connectivity index (χ2v) is 5.94. The van der Waals surface area contributed by atoms with Gasteiger partial charge >= 0.3 is 43.7 Å². The predicted octanol–water partition coefficient (Wildman–Crippen LogP) is -0.00220. The van der Waals surface area contributed by atoms with Crippen LogP contribution in [0.15, 0.2) is 35.3 Å². The van der Waals surface area contributed by atoms with Crippen LogP contribution in [-0.4, -0.2) is 75.5 Å². The molecule has 0 fully saturated rings. The topological polar surface area (TPSA) is 111 Å². The van der Waals surface area contributed by atoms with E-state index in [1.807, 2.05) is 13.8 Å². The number of carbonyl (C=O) groups is 2. The second-order valence-electron chi connectivity index (χ2n) is 5.94. The standard InChI is InChI=1S/C18H25NO6.Ca/c1-13(2)8-9-15(16(20)21)12-19-18(23)25-11-10-24-17(22)14-6-4-3-5-7-14;/h3-7,13,15H,8-12H2,1-2H3,(H,19,23)(H,20,21);/q;+2/p-2. The molecule has 0 saturated heterocycles. The summed E-state index contributed by atoms with van der Waals surface area (Å²) in [5.41, 5.74) is 0.403. The van der Waals surface area contributed by atoms with Gasteiger partial charge in [0.25, 0.3) is 0 Å². The first kappa shape index (κ1) is 24.7. The Morgan fingerprint density at radius 2 is 1.65 bits per heavy atom. The van der Waals surface area contributed by atoms with Crippen molar-refractivity contribution in [2.45, 2.75) is 26.7 Å². The molecule has 0 aliphatic carbocycles. The molecule has 1 rings (SSSR count). The van der Waals surface area contributed by atoms with Gasteiger partial charge in [-0.1, -0.05) is 38.5 Å². The number of carbonyl (C=O) groups excluding carboxylic acids is 2. The maximum Gasteiger partial charge on any atom is 2.00 e. The molecule has 0 heterocycles. The zero-order valence-electron chi connectivity index (χ0n) is 15.2. The number of ether oxygens (including phenoxy) is 2. The van der Waals surface area contributed by atoms with E-state index < -0.39 is 23.9 Å². The largest absolute Gasteiger partial charge is 2.00 e. The molecule has 0 bridgehead atoms. The van der Waals surface area contributed by atoms with Crippen molar-refractivity contribution in [3.63, 3.8) is 0 Å². The van der Waals surface area contributed by atoms with Gasteiger partial charge in [-0.3, -0.25) is 4.99 Å². The summed E-state index contributed by atoms with van der Waals surface area (Å²) in [5, 5.41) is 22.5. The van der Waals surface area contributed by atoms with Crippen molar-refractivity contribution < 1.29 is 29.3 Å². The zero-order valence-corrected chi connectivity index (χ0v) is 17.4. The summed E-state index contributed by atoms with van der Waals surface area (Å²) in [6.07, 6.45) is 0.218. The Labute approximate surface area is 183 Å². The minimum absolute atomic E-state index is 0. The van der Waals surface area contributed by atoms with Crippen LogP contribution in [0.1, 0.15) is 37.0 Å². The van der Waals surface area contributed by atoms with Gasteiger partial charge < -0.3 is 24.5 Å². The van der Waals surface area contributed by atoms with Crippen molar-refractivity contribution in [3.8, 4) is 0 Å². The average molecular weight is 389 g/mol. The first-order valence-electron chi connectivity index (χ1n) is 8.17. The van der Waals surface area contributed by atoms with Crippen LogP contribution < -0.4 is 10.2 Å². The number of carboxylic acids is 1. The molecule has 26 heavy (non-hydrogen) atoms. The molecular weight excluding hydrogens is 366 g/mol. The van der Waals surface area contributed by atoms with Crippen molar-refractivity contribution in [1.82, 2.24) is 0 Å². The smallest absolute Gasteiger partial charge is 0.597 e. The predicted molar refractivity (Wildman–Crippen MR) is 93.3 cm³/mol. The van der Waals surface area contributed by atoms with Crippen LogP contribution in [0.5, 0.6) is 0 Å². The van der Waals surface area contributed by atoms with Crippen molar-refractivity contribution >= 4 is 55.8 Å². The number of aliphatic imine (C=N–C) groups is 1. The SMILES string of the molecule is CC(C)CCC(CN=C([O-])OCCOC(=O)c1ccccc1)C(=O)[O-].[Ca+2]. The third kappa shape index (κ3) is 10.6. The van der Waals surface area contributed by atoms with Gasteiger partial charge in [0.1, 0.15) is 12.7 Å². The fraction of sp³-hybridized carbons (Fsp3) is 0.500. The van der Waals surface area contributed by atoms with E-state index in [0.717, 1.165) is 0 Å². The van der Waals surface area contributed by atoms with Gasteiger partial charge in [-0.05, 0) is 24.5 Å². The normalized spacial score (nSPS) is 12.2. The number of carboxylic acid groups (broad SMARTS) is 1. The van der Waals surface area contributed by atoms with Gasteiger partial charge in [-0.25, -0.2) is 4.79 Å². The van der Waals surface area contributed by atoms with E-state index in [-0.39, 0.29) is 57.5 Å². The first-order valence-corrected chi connectivity index (χ1v) is 8.17. The molecule has 0 amide bonds. The number of nitrogens with zero attached hydrogens (tertiary/aromatic N) is 1. The Hall–Kier alpha value is -1.31. The second kappa shape index (κ2) is 13.8. The number of hydrogen-bond acceptors (Lipinski definition) is 7. The van der Waals surface area contributed by atoms with Gasteiger partial charge in [0.2, 0.25) is 0 Å². The summed E-state index contributed by atoms with van der Waals surface area (Å²) >= 11 is 0. The molecule has 1 aromatic carbocycles. The van der Waals surface area contributed by atoms with Crippen LogP contribution in [0.2, 0.25) is 0 Å². The third-order valence-corrected chi connectivity index (χ3v) is 3.42. The zero-order chi connectivity index (χ0) is 18.7. The van der Waals surface area contributed by atoms with Crippen LogP contribution in [0.3, 0.4) is 0 Å². The Kier molecular flexibility index (Phi) is 13.1. The number of hydrogen-bond donors (Lipinski definition) is 0. The summed E-state index contributed by atoms with van der Waals surface area (Å²) in [6, 6.07) is 8.42. The van der Waals surface area contributed by atoms with Crippen LogP contribution >= 0.6 is 0 Å². The molecule has 8 heteroatoms. The van der Waals surface area contributed by atoms with Gasteiger partial charge in [0, 0.05) is 25.0 Å². The van der Waals surface area contributed by atoms with E-state index in [0.29, 0.717) is 24.3 Å². The van der Waals surface area contributed by atoms with E-state index in [9.17, 15) is 19.8 Å².